The monoisotopic (exact) mass is 261 g/mol. The summed E-state index contributed by atoms with van der Waals surface area (Å²) >= 11 is 0. The van der Waals surface area contributed by atoms with Crippen LogP contribution in [0.15, 0.2) is 24.3 Å². The van der Waals surface area contributed by atoms with Crippen LogP contribution < -0.4 is 4.90 Å². The van der Waals surface area contributed by atoms with E-state index in [-0.39, 0.29) is 6.54 Å². The third-order valence-electron chi connectivity index (χ3n) is 3.13. The molecule has 1 heterocycles. The number of aliphatic carboxylic acids is 1. The van der Waals surface area contributed by atoms with Gasteiger partial charge in [0.2, 0.25) is 0 Å². The van der Waals surface area contributed by atoms with Crippen molar-refractivity contribution in [2.75, 3.05) is 31.1 Å². The van der Waals surface area contributed by atoms with Crippen molar-refractivity contribution in [3.05, 3.63) is 29.8 Å². The van der Waals surface area contributed by atoms with Gasteiger partial charge in [0.15, 0.2) is 0 Å². The van der Waals surface area contributed by atoms with Crippen LogP contribution in [0.2, 0.25) is 0 Å². The number of hydrogen-bond donors (Lipinski definition) is 2. The van der Waals surface area contributed by atoms with Crippen LogP contribution in [-0.2, 0) is 4.79 Å². The fraction of sp³-hybridized carbons (Fsp3) is 0.385. The number of piperazine rings is 1. The first-order chi connectivity index (χ1) is 9.10. The first-order valence-corrected chi connectivity index (χ1v) is 5.99. The fourth-order valence-corrected chi connectivity index (χ4v) is 2.18. The minimum atomic E-state index is -0.890. The van der Waals surface area contributed by atoms with Crippen molar-refractivity contribution in [1.29, 1.82) is 5.26 Å². The Bertz CT molecular complexity index is 495. The first kappa shape index (κ1) is 13.3. The van der Waals surface area contributed by atoms with Crippen molar-refractivity contribution in [2.24, 2.45) is 0 Å². The third-order valence-corrected chi connectivity index (χ3v) is 3.13. The van der Waals surface area contributed by atoms with Crippen LogP contribution in [0.25, 0.3) is 0 Å². The van der Waals surface area contributed by atoms with Gasteiger partial charge in [-0.25, -0.2) is 0 Å². The van der Waals surface area contributed by atoms with E-state index in [4.69, 9.17) is 10.4 Å². The van der Waals surface area contributed by atoms with Gasteiger partial charge in [0.05, 0.1) is 18.2 Å². The Morgan fingerprint density at radius 3 is 2.58 bits per heavy atom. The van der Waals surface area contributed by atoms with Crippen molar-refractivity contribution in [1.82, 2.24) is 4.90 Å². The van der Waals surface area contributed by atoms with Crippen molar-refractivity contribution < 1.29 is 15.0 Å². The van der Waals surface area contributed by atoms with E-state index in [1.54, 1.807) is 34.1 Å². The number of β-amino-alcohol motifs (C(OH)–C–C–N with tert-alkyl or cyclic N) is 1. The molecule has 6 heteroatoms. The van der Waals surface area contributed by atoms with Crippen LogP contribution in [0.5, 0.6) is 0 Å². The second-order valence-electron chi connectivity index (χ2n) is 4.46. The minimum absolute atomic E-state index is 0.0573. The largest absolute Gasteiger partial charge is 0.480 e. The Morgan fingerprint density at radius 1 is 1.37 bits per heavy atom. The second kappa shape index (κ2) is 5.69. The molecule has 1 aliphatic heterocycles. The third kappa shape index (κ3) is 3.22. The summed E-state index contributed by atoms with van der Waals surface area (Å²) in [5.41, 5.74) is 1.41. The van der Waals surface area contributed by atoms with Gasteiger partial charge in [-0.05, 0) is 24.3 Å². The summed E-state index contributed by atoms with van der Waals surface area (Å²) in [6.07, 6.45) is -0.735. The van der Waals surface area contributed by atoms with E-state index in [1.165, 1.54) is 0 Å². The molecule has 19 heavy (non-hydrogen) atoms. The number of carboxylic acids is 1. The van der Waals surface area contributed by atoms with Crippen LogP contribution in [-0.4, -0.2) is 53.5 Å². The minimum Gasteiger partial charge on any atom is -0.480 e. The molecule has 1 saturated heterocycles. The molecule has 100 valence electrons. The predicted molar refractivity (Wildman–Crippen MR) is 68.6 cm³/mol. The highest BCUT2D eigenvalue weighted by Crippen LogP contribution is 2.20. The summed E-state index contributed by atoms with van der Waals surface area (Å²) in [7, 11) is 0. The van der Waals surface area contributed by atoms with Gasteiger partial charge in [-0.3, -0.25) is 9.69 Å². The van der Waals surface area contributed by atoms with Gasteiger partial charge in [-0.1, -0.05) is 0 Å². The Kier molecular flexibility index (Phi) is 4.00. The molecular weight excluding hydrogens is 246 g/mol. The maximum absolute atomic E-state index is 10.6. The lowest BCUT2D eigenvalue weighted by Crippen LogP contribution is -2.54. The van der Waals surface area contributed by atoms with Crippen LogP contribution in [0.4, 0.5) is 5.69 Å². The summed E-state index contributed by atoms with van der Waals surface area (Å²) in [4.78, 5) is 14.1. The van der Waals surface area contributed by atoms with E-state index in [1.807, 2.05) is 6.07 Å². The van der Waals surface area contributed by atoms with E-state index in [0.717, 1.165) is 5.69 Å². The quantitative estimate of drug-likeness (QED) is 0.801. The molecule has 6 nitrogen and oxygen atoms in total. The van der Waals surface area contributed by atoms with E-state index < -0.39 is 12.2 Å². The maximum atomic E-state index is 10.6. The van der Waals surface area contributed by atoms with E-state index >= 15 is 0 Å². The lowest BCUT2D eigenvalue weighted by atomic mass is 10.2. The van der Waals surface area contributed by atoms with Crippen LogP contribution in [0.1, 0.15) is 5.56 Å². The second-order valence-corrected chi connectivity index (χ2v) is 4.46. The SMILES string of the molecule is N#Cc1ccc(N2CCN(CC(=O)O)CC2O)cc1. The molecule has 0 aromatic heterocycles. The Hall–Kier alpha value is -2.10. The molecule has 0 spiro atoms. The molecule has 2 rings (SSSR count). The number of anilines is 1. The Balaban J connectivity index is 2.03. The number of nitriles is 1. The average Bonchev–Trinajstić information content (AvgIpc) is 2.38. The first-order valence-electron chi connectivity index (χ1n) is 5.99. The molecule has 2 N–H and O–H groups in total. The molecule has 1 aromatic rings. The summed E-state index contributed by atoms with van der Waals surface area (Å²) in [6.45, 7) is 1.38. The van der Waals surface area contributed by atoms with Gasteiger partial charge >= 0.3 is 5.97 Å². The summed E-state index contributed by atoms with van der Waals surface area (Å²) < 4.78 is 0. The zero-order valence-corrected chi connectivity index (χ0v) is 10.4. The number of rotatable bonds is 3. The van der Waals surface area contributed by atoms with Crippen LogP contribution in [0, 0.1) is 11.3 Å². The topological polar surface area (TPSA) is 87.8 Å². The molecule has 0 bridgehead atoms. The van der Waals surface area contributed by atoms with Gasteiger partial charge in [0.25, 0.3) is 0 Å². The van der Waals surface area contributed by atoms with Crippen LogP contribution >= 0.6 is 0 Å². The standard InChI is InChI=1S/C13H15N3O3/c14-7-10-1-3-11(4-2-10)16-6-5-15(8-12(16)17)9-13(18)19/h1-4,12,17H,5-6,8-9H2,(H,18,19). The molecule has 1 atom stereocenters. The number of benzene rings is 1. The molecular formula is C13H15N3O3. The summed E-state index contributed by atoms with van der Waals surface area (Å²) in [5.74, 6) is -0.890. The van der Waals surface area contributed by atoms with E-state index in [2.05, 4.69) is 0 Å². The van der Waals surface area contributed by atoms with Gasteiger partial charge in [-0.2, -0.15) is 5.26 Å². The number of carboxylic acid groups (broad SMARTS) is 1. The van der Waals surface area contributed by atoms with Crippen molar-refractivity contribution in [2.45, 2.75) is 6.23 Å². The zero-order chi connectivity index (χ0) is 13.8. The fourth-order valence-electron chi connectivity index (χ4n) is 2.18. The van der Waals surface area contributed by atoms with Gasteiger partial charge in [0.1, 0.15) is 6.23 Å². The number of nitrogens with zero attached hydrogens (tertiary/aromatic N) is 3. The number of hydrogen-bond acceptors (Lipinski definition) is 5. The number of aliphatic hydroxyl groups is 1. The average molecular weight is 261 g/mol. The molecule has 1 aromatic carbocycles. The zero-order valence-electron chi connectivity index (χ0n) is 10.4. The number of carbonyl (C=O) groups is 1. The molecule has 1 aliphatic rings. The predicted octanol–water partition coefficient (Wildman–Crippen LogP) is 0.0833. The number of aliphatic hydroxyl groups excluding tert-OH is 1. The van der Waals surface area contributed by atoms with Crippen molar-refractivity contribution in [3.8, 4) is 6.07 Å². The summed E-state index contributed by atoms with van der Waals surface area (Å²) in [5, 5.41) is 27.5. The Morgan fingerprint density at radius 2 is 2.05 bits per heavy atom. The lowest BCUT2D eigenvalue weighted by Gasteiger charge is -2.39. The molecule has 1 fully saturated rings. The van der Waals surface area contributed by atoms with Gasteiger partial charge < -0.3 is 15.1 Å². The normalized spacial score (nSPS) is 20.0. The highest BCUT2D eigenvalue weighted by Gasteiger charge is 2.26. The van der Waals surface area contributed by atoms with Gasteiger partial charge in [0, 0.05) is 25.3 Å². The molecule has 0 aliphatic carbocycles. The highest BCUT2D eigenvalue weighted by atomic mass is 16.4. The van der Waals surface area contributed by atoms with Crippen molar-refractivity contribution in [3.63, 3.8) is 0 Å². The molecule has 0 amide bonds. The summed E-state index contributed by atoms with van der Waals surface area (Å²) in [6, 6.07) is 9.02. The maximum Gasteiger partial charge on any atom is 0.317 e. The lowest BCUT2D eigenvalue weighted by molar-refractivity contribution is -0.138. The van der Waals surface area contributed by atoms with E-state index in [9.17, 15) is 9.90 Å². The molecule has 0 radical (unpaired) electrons. The smallest absolute Gasteiger partial charge is 0.317 e. The Labute approximate surface area is 111 Å². The van der Waals surface area contributed by atoms with Crippen LogP contribution in [0.3, 0.4) is 0 Å². The molecule has 0 saturated carbocycles. The highest BCUT2D eigenvalue weighted by molar-refractivity contribution is 5.69. The van der Waals surface area contributed by atoms with E-state index in [0.29, 0.717) is 25.2 Å². The van der Waals surface area contributed by atoms with Crippen molar-refractivity contribution >= 4 is 11.7 Å². The molecule has 1 unspecified atom stereocenters. The van der Waals surface area contributed by atoms with Gasteiger partial charge in [-0.15, -0.1) is 0 Å².